The van der Waals surface area contributed by atoms with Crippen molar-refractivity contribution in [2.24, 2.45) is 23.7 Å². The van der Waals surface area contributed by atoms with Gasteiger partial charge in [-0.25, -0.2) is 4.90 Å². The molecule has 2 aliphatic heterocycles. The number of hydrogen-bond donors (Lipinski definition) is 2. The maximum absolute atomic E-state index is 13.6. The van der Waals surface area contributed by atoms with Gasteiger partial charge in [0, 0.05) is 29.5 Å². The number of benzene rings is 2. The number of carbonyl (C=O) groups excluding carboxylic acids is 2. The van der Waals surface area contributed by atoms with Crippen LogP contribution in [0, 0.1) is 33.8 Å². The highest BCUT2D eigenvalue weighted by molar-refractivity contribution is 6.22. The Labute approximate surface area is 196 Å². The van der Waals surface area contributed by atoms with E-state index >= 15 is 0 Å². The number of nitrogens with zero attached hydrogens (tertiary/aromatic N) is 2. The fourth-order valence-electron chi connectivity index (χ4n) is 6.11. The van der Waals surface area contributed by atoms with Gasteiger partial charge in [0.2, 0.25) is 11.8 Å². The zero-order valence-corrected chi connectivity index (χ0v) is 18.7. The molecule has 2 amide bonds. The highest BCUT2D eigenvalue weighted by Gasteiger charge is 2.66. The molecule has 1 saturated carbocycles. The summed E-state index contributed by atoms with van der Waals surface area (Å²) in [5.74, 6) is -4.89. The van der Waals surface area contributed by atoms with E-state index in [2.05, 4.69) is 0 Å². The monoisotopic (exact) mass is 466 g/mol. The Morgan fingerprint density at radius 2 is 1.91 bits per heavy atom. The van der Waals surface area contributed by atoms with Crippen LogP contribution < -0.4 is 4.90 Å². The Morgan fingerprint density at radius 3 is 2.62 bits per heavy atom. The fourth-order valence-corrected chi connectivity index (χ4v) is 6.11. The zero-order valence-electron chi connectivity index (χ0n) is 18.7. The fraction of sp³-hybridized carbons (Fsp3) is 0.440. The van der Waals surface area contributed by atoms with Crippen molar-refractivity contribution < 1.29 is 29.5 Å². The molecule has 0 radical (unpaired) electrons. The van der Waals surface area contributed by atoms with Crippen LogP contribution in [0.15, 0.2) is 48.5 Å². The molecule has 2 aromatic carbocycles. The second-order valence-electron chi connectivity index (χ2n) is 9.40. The van der Waals surface area contributed by atoms with Gasteiger partial charge in [-0.1, -0.05) is 37.6 Å². The normalized spacial score (nSPS) is 32.5. The van der Waals surface area contributed by atoms with Crippen molar-refractivity contribution in [1.29, 1.82) is 0 Å². The number of aromatic hydroxyl groups is 1. The SMILES string of the molecule is CCC[C@H]1C[C@@H]2C(=O)N(c3cccc([N+](=O)[O-])c3)C(=O)[C@@H]2[C@@H]2C[C@@H](c3ccccc3O)O[C@]12O. The summed E-state index contributed by atoms with van der Waals surface area (Å²) in [6, 6.07) is 12.2. The number of rotatable bonds is 5. The maximum Gasteiger partial charge on any atom is 0.271 e. The van der Waals surface area contributed by atoms with E-state index in [-0.39, 0.29) is 35.9 Å². The molecule has 3 fully saturated rings. The highest BCUT2D eigenvalue weighted by atomic mass is 16.6. The van der Waals surface area contributed by atoms with Gasteiger partial charge in [0.15, 0.2) is 5.79 Å². The third-order valence-electron chi connectivity index (χ3n) is 7.58. The minimum absolute atomic E-state index is 0.0467. The molecular weight excluding hydrogens is 440 g/mol. The van der Waals surface area contributed by atoms with Crippen molar-refractivity contribution in [3.05, 3.63) is 64.2 Å². The number of imide groups is 1. The minimum Gasteiger partial charge on any atom is -0.508 e. The summed E-state index contributed by atoms with van der Waals surface area (Å²) in [5, 5.41) is 33.4. The van der Waals surface area contributed by atoms with Crippen molar-refractivity contribution in [2.75, 3.05) is 4.90 Å². The van der Waals surface area contributed by atoms with Crippen molar-refractivity contribution in [1.82, 2.24) is 0 Å². The van der Waals surface area contributed by atoms with E-state index in [1.165, 1.54) is 24.3 Å². The molecule has 178 valence electrons. The second kappa shape index (κ2) is 8.18. The Morgan fingerprint density at radius 1 is 1.15 bits per heavy atom. The predicted octanol–water partition coefficient (Wildman–Crippen LogP) is 3.69. The Bertz CT molecular complexity index is 1170. The molecule has 0 spiro atoms. The van der Waals surface area contributed by atoms with E-state index in [1.807, 2.05) is 6.92 Å². The molecule has 9 nitrogen and oxygen atoms in total. The number of carbonyl (C=O) groups is 2. The molecule has 3 aliphatic rings. The number of nitro benzene ring substituents is 1. The lowest BCUT2D eigenvalue weighted by atomic mass is 9.63. The molecule has 1 aliphatic carbocycles. The number of phenols is 1. The highest BCUT2D eigenvalue weighted by Crippen LogP contribution is 2.59. The number of hydrogen-bond acceptors (Lipinski definition) is 7. The van der Waals surface area contributed by atoms with Crippen LogP contribution in [0.25, 0.3) is 0 Å². The molecule has 0 unspecified atom stereocenters. The Balaban J connectivity index is 1.54. The van der Waals surface area contributed by atoms with E-state index in [0.717, 1.165) is 11.3 Å². The van der Waals surface area contributed by atoms with Crippen LogP contribution in [0.1, 0.15) is 44.3 Å². The molecule has 2 aromatic rings. The van der Waals surface area contributed by atoms with E-state index in [9.17, 15) is 29.9 Å². The summed E-state index contributed by atoms with van der Waals surface area (Å²) in [4.78, 5) is 38.8. The van der Waals surface area contributed by atoms with Gasteiger partial charge >= 0.3 is 0 Å². The first-order chi connectivity index (χ1) is 16.3. The van der Waals surface area contributed by atoms with Gasteiger partial charge in [-0.15, -0.1) is 0 Å². The van der Waals surface area contributed by atoms with Gasteiger partial charge in [-0.05, 0) is 31.4 Å². The number of ether oxygens (including phenoxy) is 1. The lowest BCUT2D eigenvalue weighted by Crippen LogP contribution is -2.53. The average Bonchev–Trinajstić information content (AvgIpc) is 3.28. The van der Waals surface area contributed by atoms with Gasteiger partial charge < -0.3 is 14.9 Å². The van der Waals surface area contributed by atoms with E-state index in [1.54, 1.807) is 24.3 Å². The van der Waals surface area contributed by atoms with Crippen LogP contribution in [0.3, 0.4) is 0 Å². The summed E-state index contributed by atoms with van der Waals surface area (Å²) in [6.45, 7) is 1.98. The van der Waals surface area contributed by atoms with Crippen LogP contribution in [0.4, 0.5) is 11.4 Å². The number of non-ortho nitro benzene ring substituents is 1. The quantitative estimate of drug-likeness (QED) is 0.390. The van der Waals surface area contributed by atoms with E-state index < -0.39 is 46.4 Å². The number of amides is 2. The van der Waals surface area contributed by atoms with Crippen LogP contribution in [-0.4, -0.2) is 32.7 Å². The van der Waals surface area contributed by atoms with Crippen molar-refractivity contribution >= 4 is 23.2 Å². The first-order valence-corrected chi connectivity index (χ1v) is 11.6. The zero-order chi connectivity index (χ0) is 24.2. The van der Waals surface area contributed by atoms with Crippen molar-refractivity contribution in [3.63, 3.8) is 0 Å². The van der Waals surface area contributed by atoms with Gasteiger partial charge in [-0.2, -0.15) is 0 Å². The van der Waals surface area contributed by atoms with Gasteiger partial charge in [0.1, 0.15) is 5.75 Å². The number of anilines is 1. The molecule has 34 heavy (non-hydrogen) atoms. The topological polar surface area (TPSA) is 130 Å². The summed E-state index contributed by atoms with van der Waals surface area (Å²) < 4.78 is 6.19. The maximum atomic E-state index is 13.6. The minimum atomic E-state index is -1.61. The third kappa shape index (κ3) is 3.30. The Kier molecular flexibility index (Phi) is 5.41. The molecule has 9 heteroatoms. The third-order valence-corrected chi connectivity index (χ3v) is 7.58. The molecule has 0 bridgehead atoms. The van der Waals surface area contributed by atoms with Crippen LogP contribution in [0.2, 0.25) is 0 Å². The van der Waals surface area contributed by atoms with Crippen molar-refractivity contribution in [3.8, 4) is 5.75 Å². The first kappa shape index (κ1) is 22.5. The van der Waals surface area contributed by atoms with Crippen molar-refractivity contribution in [2.45, 2.75) is 44.5 Å². The van der Waals surface area contributed by atoms with E-state index in [4.69, 9.17) is 4.74 Å². The van der Waals surface area contributed by atoms with Crippen LogP contribution >= 0.6 is 0 Å². The van der Waals surface area contributed by atoms with E-state index in [0.29, 0.717) is 12.0 Å². The first-order valence-electron chi connectivity index (χ1n) is 11.6. The summed E-state index contributed by atoms with van der Waals surface area (Å²) in [6.07, 6.45) is 1.32. The lowest BCUT2D eigenvalue weighted by Gasteiger charge is -2.44. The van der Waals surface area contributed by atoms with Crippen LogP contribution in [0.5, 0.6) is 5.75 Å². The average molecular weight is 466 g/mol. The molecule has 0 aromatic heterocycles. The smallest absolute Gasteiger partial charge is 0.271 e. The molecule has 2 N–H and O–H groups in total. The van der Waals surface area contributed by atoms with Gasteiger partial charge in [0.25, 0.3) is 5.69 Å². The number of aliphatic hydroxyl groups is 1. The molecule has 2 saturated heterocycles. The Hall–Kier alpha value is -3.30. The number of nitro groups is 1. The molecule has 6 atom stereocenters. The number of phenolic OH excluding ortho intramolecular Hbond substituents is 1. The second-order valence-corrected chi connectivity index (χ2v) is 9.40. The summed E-state index contributed by atoms with van der Waals surface area (Å²) >= 11 is 0. The standard InChI is InChI=1S/C25H26N2O7/c1-2-6-14-11-18-22(19-13-21(34-25(14,19)31)17-9-3-4-10-20(17)28)24(30)26(23(18)29)15-7-5-8-16(12-15)27(32)33/h3-5,7-10,12,14,18-19,21-22,28,31H,2,6,11,13H2,1H3/t14-,18-,19-,21-,22-,25+/m0/s1. The summed E-state index contributed by atoms with van der Waals surface area (Å²) in [5.41, 5.74) is 0.479. The number of para-hydroxylation sites is 1. The number of fused-ring (bicyclic) bond motifs is 3. The predicted molar refractivity (Wildman–Crippen MR) is 121 cm³/mol. The molecule has 2 heterocycles. The van der Waals surface area contributed by atoms with Gasteiger partial charge in [-0.3, -0.25) is 19.7 Å². The largest absolute Gasteiger partial charge is 0.508 e. The molecule has 5 rings (SSSR count). The van der Waals surface area contributed by atoms with Gasteiger partial charge in [0.05, 0.1) is 28.6 Å². The lowest BCUT2D eigenvalue weighted by molar-refractivity contribution is -0.384. The summed E-state index contributed by atoms with van der Waals surface area (Å²) in [7, 11) is 0. The van der Waals surface area contributed by atoms with Crippen LogP contribution in [-0.2, 0) is 14.3 Å². The molecular formula is C25H26N2O7.